The third-order valence-corrected chi connectivity index (χ3v) is 5.64. The van der Waals surface area contributed by atoms with Crippen molar-refractivity contribution in [3.63, 3.8) is 0 Å². The van der Waals surface area contributed by atoms with Crippen LogP contribution < -0.4 is 5.32 Å². The Bertz CT molecular complexity index is 1370. The minimum atomic E-state index is -0.266. The number of hydrogen-bond acceptors (Lipinski definition) is 6. The highest BCUT2D eigenvalue weighted by molar-refractivity contribution is 7.22. The van der Waals surface area contributed by atoms with Gasteiger partial charge in [-0.05, 0) is 31.5 Å². The van der Waals surface area contributed by atoms with Gasteiger partial charge in [-0.2, -0.15) is 0 Å². The minimum absolute atomic E-state index is 0.266. The number of hydrogen-bond donors (Lipinski definition) is 1. The first-order valence-corrected chi connectivity index (χ1v) is 9.92. The van der Waals surface area contributed by atoms with E-state index in [1.54, 1.807) is 6.07 Å². The smallest absolute Gasteiger partial charge is 0.259 e. The first kappa shape index (κ1) is 17.5. The molecule has 0 atom stereocenters. The van der Waals surface area contributed by atoms with E-state index in [1.165, 1.54) is 11.3 Å². The van der Waals surface area contributed by atoms with E-state index < -0.39 is 0 Å². The lowest BCUT2D eigenvalue weighted by molar-refractivity contribution is 0.102. The van der Waals surface area contributed by atoms with Crippen molar-refractivity contribution in [2.45, 2.75) is 13.8 Å². The minimum Gasteiger partial charge on any atom is -0.335 e. The predicted molar refractivity (Wildman–Crippen MR) is 114 cm³/mol. The van der Waals surface area contributed by atoms with Crippen molar-refractivity contribution in [2.24, 2.45) is 0 Å². The molecule has 0 aliphatic carbocycles. The summed E-state index contributed by atoms with van der Waals surface area (Å²) < 4.78 is 6.47. The molecule has 3 heterocycles. The molecule has 7 heteroatoms. The Morgan fingerprint density at radius 3 is 2.66 bits per heavy atom. The fraction of sp³-hybridized carbons (Fsp3) is 0.0909. The molecular weight excluding hydrogens is 384 g/mol. The summed E-state index contributed by atoms with van der Waals surface area (Å²) in [5.74, 6) is -0.266. The second-order valence-corrected chi connectivity index (χ2v) is 7.81. The van der Waals surface area contributed by atoms with Crippen molar-refractivity contribution in [2.75, 3.05) is 5.32 Å². The molecule has 1 N–H and O–H groups in total. The number of benzene rings is 2. The lowest BCUT2D eigenvalue weighted by Gasteiger charge is -2.05. The van der Waals surface area contributed by atoms with E-state index in [-0.39, 0.29) is 5.91 Å². The number of rotatable bonds is 3. The summed E-state index contributed by atoms with van der Waals surface area (Å²) in [6.45, 7) is 3.83. The van der Waals surface area contributed by atoms with Crippen LogP contribution in [0.2, 0.25) is 0 Å². The molecule has 0 aliphatic heterocycles. The summed E-state index contributed by atoms with van der Waals surface area (Å²) in [7, 11) is 0. The summed E-state index contributed by atoms with van der Waals surface area (Å²) in [6, 6.07) is 17.4. The maximum Gasteiger partial charge on any atom is 0.259 e. The van der Waals surface area contributed by atoms with Gasteiger partial charge in [-0.15, -0.1) is 0 Å². The largest absolute Gasteiger partial charge is 0.335 e. The molecule has 142 valence electrons. The number of aromatic nitrogens is 3. The number of pyridine rings is 1. The number of aryl methyl sites for hydroxylation is 2. The number of thiazole rings is 1. The summed E-state index contributed by atoms with van der Waals surface area (Å²) in [5, 5.41) is 8.26. The standard InChI is InChI=1S/C22H16N4O2S/c1-12-7-6-10-16-18(12)24-22(29-16)25-20(27)15-11-13(2)23-21-17(15)19(26-28-21)14-8-4-3-5-9-14/h3-11H,1-2H3,(H,24,25,27). The number of para-hydroxylation sites is 1. The number of fused-ring (bicyclic) bond motifs is 2. The van der Waals surface area contributed by atoms with Crippen molar-refractivity contribution >= 4 is 43.7 Å². The van der Waals surface area contributed by atoms with Gasteiger partial charge in [-0.3, -0.25) is 10.1 Å². The molecule has 29 heavy (non-hydrogen) atoms. The molecule has 0 bridgehead atoms. The van der Waals surface area contributed by atoms with Crippen LogP contribution >= 0.6 is 11.3 Å². The van der Waals surface area contributed by atoms with E-state index in [2.05, 4.69) is 20.4 Å². The van der Waals surface area contributed by atoms with E-state index in [9.17, 15) is 4.79 Å². The van der Waals surface area contributed by atoms with E-state index in [0.29, 0.717) is 33.2 Å². The Labute approximate surface area is 170 Å². The molecule has 5 rings (SSSR count). The number of anilines is 1. The quantitative estimate of drug-likeness (QED) is 0.440. The van der Waals surface area contributed by atoms with Crippen LogP contribution in [0.4, 0.5) is 5.13 Å². The van der Waals surface area contributed by atoms with Crippen LogP contribution in [0.3, 0.4) is 0 Å². The summed E-state index contributed by atoms with van der Waals surface area (Å²) in [5.41, 5.74) is 4.92. The van der Waals surface area contributed by atoms with Crippen molar-refractivity contribution in [1.82, 2.24) is 15.1 Å². The molecule has 2 aromatic carbocycles. The Kier molecular flexibility index (Phi) is 4.10. The Morgan fingerprint density at radius 2 is 1.86 bits per heavy atom. The van der Waals surface area contributed by atoms with Gasteiger partial charge in [0, 0.05) is 11.3 Å². The summed E-state index contributed by atoms with van der Waals surface area (Å²) in [6.07, 6.45) is 0. The van der Waals surface area contributed by atoms with Gasteiger partial charge in [0.2, 0.25) is 0 Å². The SMILES string of the molecule is Cc1cc(C(=O)Nc2nc3c(C)cccc3s2)c2c(-c3ccccc3)noc2n1. The van der Waals surface area contributed by atoms with Crippen LogP contribution in [-0.4, -0.2) is 21.0 Å². The fourth-order valence-corrected chi connectivity index (χ4v) is 4.29. The van der Waals surface area contributed by atoms with Crippen LogP contribution in [0.5, 0.6) is 0 Å². The lowest BCUT2D eigenvalue weighted by Crippen LogP contribution is -2.13. The molecule has 0 fully saturated rings. The maximum atomic E-state index is 13.2. The van der Waals surface area contributed by atoms with Gasteiger partial charge in [-0.1, -0.05) is 59.0 Å². The van der Waals surface area contributed by atoms with Gasteiger partial charge in [-0.25, -0.2) is 9.97 Å². The summed E-state index contributed by atoms with van der Waals surface area (Å²) >= 11 is 1.45. The molecule has 0 unspecified atom stereocenters. The number of nitrogens with one attached hydrogen (secondary N) is 1. The van der Waals surface area contributed by atoms with Gasteiger partial charge in [0.25, 0.3) is 11.6 Å². The lowest BCUT2D eigenvalue weighted by atomic mass is 10.0. The van der Waals surface area contributed by atoms with E-state index in [1.807, 2.05) is 62.4 Å². The van der Waals surface area contributed by atoms with Gasteiger partial charge in [0.05, 0.1) is 21.2 Å². The number of amides is 1. The fourth-order valence-electron chi connectivity index (χ4n) is 3.35. The second kappa shape index (κ2) is 6.79. The second-order valence-electron chi connectivity index (χ2n) is 6.78. The number of carbonyl (C=O) groups excluding carboxylic acids is 1. The average molecular weight is 400 g/mol. The van der Waals surface area contributed by atoms with Gasteiger partial charge < -0.3 is 4.52 Å². The number of carbonyl (C=O) groups is 1. The molecule has 6 nitrogen and oxygen atoms in total. The third kappa shape index (κ3) is 3.05. The Balaban J connectivity index is 1.60. The zero-order chi connectivity index (χ0) is 20.0. The highest BCUT2D eigenvalue weighted by Gasteiger charge is 2.21. The van der Waals surface area contributed by atoms with Gasteiger partial charge in [0.15, 0.2) is 5.13 Å². The van der Waals surface area contributed by atoms with E-state index in [4.69, 9.17) is 4.52 Å². The van der Waals surface area contributed by atoms with Crippen LogP contribution in [0.1, 0.15) is 21.6 Å². The van der Waals surface area contributed by atoms with E-state index in [0.717, 1.165) is 21.3 Å². The summed E-state index contributed by atoms with van der Waals surface area (Å²) in [4.78, 5) is 22.2. The Hall–Kier alpha value is -3.58. The highest BCUT2D eigenvalue weighted by atomic mass is 32.1. The molecule has 0 radical (unpaired) electrons. The zero-order valence-corrected chi connectivity index (χ0v) is 16.6. The normalized spacial score (nSPS) is 11.2. The average Bonchev–Trinajstić information content (AvgIpc) is 3.32. The molecule has 3 aromatic heterocycles. The van der Waals surface area contributed by atoms with Crippen LogP contribution in [0.15, 0.2) is 59.1 Å². The van der Waals surface area contributed by atoms with Gasteiger partial charge in [0.1, 0.15) is 5.69 Å². The van der Waals surface area contributed by atoms with Crippen LogP contribution in [0.25, 0.3) is 32.6 Å². The van der Waals surface area contributed by atoms with E-state index >= 15 is 0 Å². The van der Waals surface area contributed by atoms with Gasteiger partial charge >= 0.3 is 0 Å². The third-order valence-electron chi connectivity index (χ3n) is 4.71. The molecular formula is C22H16N4O2S. The highest BCUT2D eigenvalue weighted by Crippen LogP contribution is 2.32. The topological polar surface area (TPSA) is 80.9 Å². The molecule has 5 aromatic rings. The molecule has 1 amide bonds. The first-order valence-electron chi connectivity index (χ1n) is 9.10. The monoisotopic (exact) mass is 400 g/mol. The molecule has 0 saturated heterocycles. The first-order chi connectivity index (χ1) is 14.1. The zero-order valence-electron chi connectivity index (χ0n) is 15.8. The predicted octanol–water partition coefficient (Wildman–Crippen LogP) is 5.37. The van der Waals surface area contributed by atoms with Crippen molar-refractivity contribution in [3.05, 3.63) is 71.4 Å². The molecule has 0 aliphatic rings. The van der Waals surface area contributed by atoms with Crippen LogP contribution in [-0.2, 0) is 0 Å². The number of nitrogens with zero attached hydrogens (tertiary/aromatic N) is 3. The van der Waals surface area contributed by atoms with Crippen molar-refractivity contribution in [3.8, 4) is 11.3 Å². The molecule has 0 spiro atoms. The molecule has 0 saturated carbocycles. The van der Waals surface area contributed by atoms with Crippen molar-refractivity contribution < 1.29 is 9.32 Å². The van der Waals surface area contributed by atoms with Crippen LogP contribution in [0, 0.1) is 13.8 Å². The van der Waals surface area contributed by atoms with Crippen molar-refractivity contribution in [1.29, 1.82) is 0 Å². The Morgan fingerprint density at radius 1 is 1.03 bits per heavy atom. The maximum absolute atomic E-state index is 13.2.